The van der Waals surface area contributed by atoms with Crippen LogP contribution in [-0.2, 0) is 0 Å². The maximum Gasteiger partial charge on any atom is 0.322 e. The summed E-state index contributed by atoms with van der Waals surface area (Å²) in [4.78, 5) is 18.0. The third-order valence-corrected chi connectivity index (χ3v) is 3.49. The van der Waals surface area contributed by atoms with Gasteiger partial charge in [-0.3, -0.25) is 0 Å². The molecule has 2 amide bonds. The molecule has 0 unspecified atom stereocenters. The van der Waals surface area contributed by atoms with E-state index in [-0.39, 0.29) is 12.1 Å². The van der Waals surface area contributed by atoms with Gasteiger partial charge in [-0.25, -0.2) is 9.78 Å². The average molecular weight is 313 g/mol. The number of benzene rings is 1. The maximum absolute atomic E-state index is 12.2. The predicted molar refractivity (Wildman–Crippen MR) is 86.9 cm³/mol. The number of para-hydroxylation sites is 2. The van der Waals surface area contributed by atoms with Crippen molar-refractivity contribution in [1.29, 1.82) is 0 Å². The Bertz CT molecular complexity index is 657. The number of nitrogens with zero attached hydrogens (tertiary/aromatic N) is 2. The summed E-state index contributed by atoms with van der Waals surface area (Å²) in [7, 11) is 0. The molecule has 1 N–H and O–H groups in total. The molecule has 6 nitrogen and oxygen atoms in total. The van der Waals surface area contributed by atoms with Gasteiger partial charge in [0.05, 0.1) is 25.4 Å². The van der Waals surface area contributed by atoms with Gasteiger partial charge in [-0.15, -0.1) is 0 Å². The summed E-state index contributed by atoms with van der Waals surface area (Å²) < 4.78 is 11.2. The molecule has 1 aliphatic heterocycles. The first-order valence-electron chi connectivity index (χ1n) is 7.61. The van der Waals surface area contributed by atoms with Crippen molar-refractivity contribution in [2.24, 2.45) is 0 Å². The van der Waals surface area contributed by atoms with Crippen molar-refractivity contribution in [2.45, 2.75) is 13.0 Å². The highest BCUT2D eigenvalue weighted by Crippen LogP contribution is 2.25. The van der Waals surface area contributed by atoms with Gasteiger partial charge in [-0.1, -0.05) is 18.2 Å². The second-order valence-corrected chi connectivity index (χ2v) is 5.17. The number of pyridine rings is 1. The van der Waals surface area contributed by atoms with Crippen molar-refractivity contribution in [1.82, 2.24) is 9.88 Å². The monoisotopic (exact) mass is 313 g/mol. The topological polar surface area (TPSA) is 63.7 Å². The lowest BCUT2D eigenvalue weighted by Gasteiger charge is -2.38. The molecular formula is C17H19N3O3. The van der Waals surface area contributed by atoms with Crippen molar-refractivity contribution in [3.63, 3.8) is 0 Å². The Morgan fingerprint density at radius 2 is 2.04 bits per heavy atom. The van der Waals surface area contributed by atoms with Crippen molar-refractivity contribution < 1.29 is 14.3 Å². The lowest BCUT2D eigenvalue weighted by atomic mass is 10.2. The van der Waals surface area contributed by atoms with E-state index in [0.29, 0.717) is 37.0 Å². The standard InChI is InChI=1S/C17H19N3O3/c1-2-22-15-8-4-3-7-14(15)19-17(21)20-11-13(12-20)23-16-9-5-6-10-18-16/h3-10,13H,2,11-12H2,1H3,(H,19,21). The smallest absolute Gasteiger partial charge is 0.322 e. The van der Waals surface area contributed by atoms with Gasteiger partial charge >= 0.3 is 6.03 Å². The number of hydrogen-bond acceptors (Lipinski definition) is 4. The molecule has 23 heavy (non-hydrogen) atoms. The summed E-state index contributed by atoms with van der Waals surface area (Å²) >= 11 is 0. The van der Waals surface area contributed by atoms with E-state index < -0.39 is 0 Å². The van der Waals surface area contributed by atoms with Crippen molar-refractivity contribution in [3.8, 4) is 11.6 Å². The number of ether oxygens (including phenoxy) is 2. The third kappa shape index (κ3) is 3.71. The molecule has 0 saturated carbocycles. The maximum atomic E-state index is 12.2. The second kappa shape index (κ2) is 7.00. The molecule has 1 fully saturated rings. The Morgan fingerprint density at radius 1 is 1.26 bits per heavy atom. The zero-order valence-corrected chi connectivity index (χ0v) is 12.9. The average Bonchev–Trinajstić information content (AvgIpc) is 2.53. The minimum atomic E-state index is -0.155. The van der Waals surface area contributed by atoms with Crippen LogP contribution in [0.2, 0.25) is 0 Å². The first-order chi connectivity index (χ1) is 11.3. The van der Waals surface area contributed by atoms with Crippen LogP contribution in [0.1, 0.15) is 6.92 Å². The minimum Gasteiger partial charge on any atom is -0.492 e. The number of likely N-dealkylation sites (tertiary alicyclic amines) is 1. The van der Waals surface area contributed by atoms with Gasteiger partial charge in [0, 0.05) is 12.3 Å². The van der Waals surface area contributed by atoms with E-state index in [9.17, 15) is 4.79 Å². The summed E-state index contributed by atoms with van der Waals surface area (Å²) in [5.41, 5.74) is 0.674. The highest BCUT2D eigenvalue weighted by atomic mass is 16.5. The number of anilines is 1. The molecule has 1 aliphatic rings. The van der Waals surface area contributed by atoms with Crippen LogP contribution in [0.25, 0.3) is 0 Å². The first-order valence-corrected chi connectivity index (χ1v) is 7.61. The molecule has 0 spiro atoms. The normalized spacial score (nSPS) is 14.0. The van der Waals surface area contributed by atoms with E-state index >= 15 is 0 Å². The Morgan fingerprint density at radius 3 is 2.78 bits per heavy atom. The van der Waals surface area contributed by atoms with Gasteiger partial charge in [0.1, 0.15) is 11.9 Å². The number of hydrogen-bond donors (Lipinski definition) is 1. The number of aromatic nitrogens is 1. The zero-order valence-electron chi connectivity index (χ0n) is 12.9. The first kappa shape index (κ1) is 15.1. The van der Waals surface area contributed by atoms with Crippen LogP contribution in [0.5, 0.6) is 11.6 Å². The number of nitrogens with one attached hydrogen (secondary N) is 1. The highest BCUT2D eigenvalue weighted by Gasteiger charge is 2.32. The van der Waals surface area contributed by atoms with Gasteiger partial charge < -0.3 is 19.7 Å². The van der Waals surface area contributed by atoms with Crippen LogP contribution >= 0.6 is 0 Å². The van der Waals surface area contributed by atoms with E-state index in [1.807, 2.05) is 43.3 Å². The highest BCUT2D eigenvalue weighted by molar-refractivity contribution is 5.91. The number of urea groups is 1. The second-order valence-electron chi connectivity index (χ2n) is 5.17. The van der Waals surface area contributed by atoms with Crippen LogP contribution in [0, 0.1) is 0 Å². The van der Waals surface area contributed by atoms with Gasteiger partial charge in [0.2, 0.25) is 5.88 Å². The molecule has 0 bridgehead atoms. The molecule has 2 heterocycles. The summed E-state index contributed by atoms with van der Waals surface area (Å²) in [6.45, 7) is 3.54. The molecular weight excluding hydrogens is 294 g/mol. The largest absolute Gasteiger partial charge is 0.492 e. The minimum absolute atomic E-state index is 0.0159. The quantitative estimate of drug-likeness (QED) is 0.922. The predicted octanol–water partition coefficient (Wildman–Crippen LogP) is 2.78. The lowest BCUT2D eigenvalue weighted by molar-refractivity contribution is 0.0461. The Kier molecular flexibility index (Phi) is 4.61. The van der Waals surface area contributed by atoms with Crippen LogP contribution in [-0.4, -0.2) is 41.7 Å². The summed E-state index contributed by atoms with van der Waals surface area (Å²) in [5, 5.41) is 2.87. The molecule has 0 atom stereocenters. The summed E-state index contributed by atoms with van der Waals surface area (Å²) in [5.74, 6) is 1.25. The molecule has 0 radical (unpaired) electrons. The molecule has 3 rings (SSSR count). The molecule has 2 aromatic rings. The van der Waals surface area contributed by atoms with E-state index in [1.54, 1.807) is 17.2 Å². The van der Waals surface area contributed by atoms with E-state index in [4.69, 9.17) is 9.47 Å². The van der Waals surface area contributed by atoms with Gasteiger partial charge in [-0.05, 0) is 25.1 Å². The molecule has 1 aromatic carbocycles. The molecule has 1 saturated heterocycles. The van der Waals surface area contributed by atoms with E-state index in [1.165, 1.54) is 0 Å². The summed E-state index contributed by atoms with van der Waals surface area (Å²) in [6, 6.07) is 12.8. The lowest BCUT2D eigenvalue weighted by Crippen LogP contribution is -2.57. The Hall–Kier alpha value is -2.76. The fraction of sp³-hybridized carbons (Fsp3) is 0.294. The van der Waals surface area contributed by atoms with E-state index in [0.717, 1.165) is 0 Å². The molecule has 1 aromatic heterocycles. The number of carbonyl (C=O) groups is 1. The van der Waals surface area contributed by atoms with Crippen LogP contribution < -0.4 is 14.8 Å². The number of amides is 2. The van der Waals surface area contributed by atoms with E-state index in [2.05, 4.69) is 10.3 Å². The fourth-order valence-corrected chi connectivity index (χ4v) is 2.31. The Balaban J connectivity index is 1.51. The van der Waals surface area contributed by atoms with Crippen LogP contribution in [0.3, 0.4) is 0 Å². The van der Waals surface area contributed by atoms with Crippen molar-refractivity contribution in [3.05, 3.63) is 48.7 Å². The van der Waals surface area contributed by atoms with Gasteiger partial charge in [-0.2, -0.15) is 0 Å². The SMILES string of the molecule is CCOc1ccccc1NC(=O)N1CC(Oc2ccccn2)C1. The van der Waals surface area contributed by atoms with Crippen molar-refractivity contribution >= 4 is 11.7 Å². The third-order valence-electron chi connectivity index (χ3n) is 3.49. The Labute approximate surface area is 135 Å². The van der Waals surface area contributed by atoms with Crippen molar-refractivity contribution in [2.75, 3.05) is 25.0 Å². The molecule has 6 heteroatoms. The summed E-state index contributed by atoms with van der Waals surface area (Å²) in [6.07, 6.45) is 1.67. The molecule has 0 aliphatic carbocycles. The van der Waals surface area contributed by atoms with Gasteiger partial charge in [0.25, 0.3) is 0 Å². The fourth-order valence-electron chi connectivity index (χ4n) is 2.31. The molecule has 120 valence electrons. The van der Waals surface area contributed by atoms with Crippen LogP contribution in [0.4, 0.5) is 10.5 Å². The number of carbonyl (C=O) groups excluding carboxylic acids is 1. The zero-order chi connectivity index (χ0) is 16.1. The van der Waals surface area contributed by atoms with Gasteiger partial charge in [0.15, 0.2) is 0 Å². The van der Waals surface area contributed by atoms with Crippen LogP contribution in [0.15, 0.2) is 48.7 Å². The number of rotatable bonds is 5.